The van der Waals surface area contributed by atoms with Crippen molar-refractivity contribution in [3.05, 3.63) is 0 Å². The minimum atomic E-state index is 0. The van der Waals surface area contributed by atoms with Gasteiger partial charge in [-0.1, -0.05) is 13.8 Å². The van der Waals surface area contributed by atoms with Crippen molar-refractivity contribution in [1.29, 1.82) is 0 Å². The molecule has 2 bridgehead atoms. The smallest absolute Gasteiger partial charge is 0.0462 e. The molecule has 0 radical (unpaired) electrons. The van der Waals surface area contributed by atoms with Crippen LogP contribution in [-0.4, -0.2) is 17.2 Å². The first-order valence-electron chi connectivity index (χ1n) is 4.77. The zero-order valence-corrected chi connectivity index (χ0v) is 8.01. The fourth-order valence-electron chi connectivity index (χ4n) is 3.18. The zero-order chi connectivity index (χ0) is 8.06. The number of hydrogen-bond acceptors (Lipinski definition) is 1. The van der Waals surface area contributed by atoms with Crippen molar-refractivity contribution in [2.24, 2.45) is 23.2 Å². The monoisotopic (exact) mass is 172 g/mol. The molecule has 3 aliphatic rings. The summed E-state index contributed by atoms with van der Waals surface area (Å²) in [6.07, 6.45) is 4.02. The van der Waals surface area contributed by atoms with Crippen LogP contribution in [0.25, 0.3) is 0 Å². The van der Waals surface area contributed by atoms with Crippen LogP contribution in [0.15, 0.2) is 0 Å². The third-order valence-corrected chi connectivity index (χ3v) is 4.24. The van der Waals surface area contributed by atoms with Gasteiger partial charge in [-0.05, 0) is 42.4 Å². The van der Waals surface area contributed by atoms with Gasteiger partial charge < -0.3 is 10.6 Å². The molecule has 3 fully saturated rings. The molecule has 3 rings (SSSR count). The molecule has 2 heteroatoms. The molecule has 0 aliphatic heterocycles. The summed E-state index contributed by atoms with van der Waals surface area (Å²) in [5.74, 6) is 2.41. The van der Waals surface area contributed by atoms with Gasteiger partial charge in [-0.25, -0.2) is 0 Å². The molecule has 0 amide bonds. The predicted octanol–water partition coefficient (Wildman–Crippen LogP) is 1.23. The lowest BCUT2D eigenvalue weighted by Crippen LogP contribution is -2.53. The van der Waals surface area contributed by atoms with Crippen molar-refractivity contribution in [2.75, 3.05) is 6.61 Å². The Bertz CT molecular complexity index is 163. The Balaban J connectivity index is 0.000000720. The molecule has 0 spiro atoms. The van der Waals surface area contributed by atoms with E-state index in [2.05, 4.69) is 13.8 Å². The maximum atomic E-state index is 9.12. The van der Waals surface area contributed by atoms with Crippen molar-refractivity contribution in [1.82, 2.24) is 0 Å². The normalized spacial score (nSPS) is 42.8. The van der Waals surface area contributed by atoms with Gasteiger partial charge in [0.25, 0.3) is 0 Å². The molecule has 72 valence electrons. The minimum Gasteiger partial charge on any atom is -0.412 e. The molecule has 3 N–H and O–H groups in total. The molecule has 0 saturated heterocycles. The van der Waals surface area contributed by atoms with Crippen LogP contribution in [0.1, 0.15) is 33.1 Å². The maximum absolute atomic E-state index is 9.12. The highest BCUT2D eigenvalue weighted by molar-refractivity contribution is 5.02. The Morgan fingerprint density at radius 1 is 1.33 bits per heavy atom. The van der Waals surface area contributed by atoms with E-state index in [-0.39, 0.29) is 5.48 Å². The first kappa shape index (κ1) is 10.0. The maximum Gasteiger partial charge on any atom is 0.0462 e. The Hall–Kier alpha value is -0.0800. The highest BCUT2D eigenvalue weighted by Crippen LogP contribution is 2.61. The highest BCUT2D eigenvalue weighted by atomic mass is 16.3. The van der Waals surface area contributed by atoms with E-state index in [4.69, 9.17) is 5.11 Å². The fourth-order valence-corrected chi connectivity index (χ4v) is 3.18. The van der Waals surface area contributed by atoms with Crippen LogP contribution >= 0.6 is 0 Å². The number of aliphatic hydroxyl groups is 1. The Morgan fingerprint density at radius 3 is 2.33 bits per heavy atom. The number of aliphatic hydroxyl groups excluding tert-OH is 1. The van der Waals surface area contributed by atoms with Crippen molar-refractivity contribution < 1.29 is 10.6 Å². The first-order valence-corrected chi connectivity index (χ1v) is 4.77. The Kier molecular flexibility index (Phi) is 2.50. The van der Waals surface area contributed by atoms with Gasteiger partial charge in [-0.3, -0.25) is 0 Å². The number of rotatable bonds is 1. The largest absolute Gasteiger partial charge is 0.412 e. The van der Waals surface area contributed by atoms with E-state index in [1.54, 1.807) is 0 Å². The summed E-state index contributed by atoms with van der Waals surface area (Å²) in [7, 11) is 0. The second-order valence-corrected chi connectivity index (χ2v) is 4.88. The average Bonchev–Trinajstić information content (AvgIpc) is 2.04. The third kappa shape index (κ3) is 1.09. The summed E-state index contributed by atoms with van der Waals surface area (Å²) in [4.78, 5) is 0. The van der Waals surface area contributed by atoms with Gasteiger partial charge in [0.15, 0.2) is 0 Å². The molecule has 0 aromatic carbocycles. The second-order valence-electron chi connectivity index (χ2n) is 4.88. The molecule has 2 unspecified atom stereocenters. The molecule has 3 atom stereocenters. The van der Waals surface area contributed by atoms with Gasteiger partial charge in [0.1, 0.15) is 0 Å². The lowest BCUT2D eigenvalue weighted by atomic mass is 9.46. The molecule has 0 aromatic heterocycles. The topological polar surface area (TPSA) is 51.7 Å². The van der Waals surface area contributed by atoms with Crippen LogP contribution < -0.4 is 0 Å². The molecule has 3 aliphatic carbocycles. The van der Waals surface area contributed by atoms with Crippen molar-refractivity contribution in [3.63, 3.8) is 0 Å². The van der Waals surface area contributed by atoms with E-state index in [0.29, 0.717) is 17.9 Å². The zero-order valence-electron chi connectivity index (χ0n) is 8.01. The fraction of sp³-hybridized carbons (Fsp3) is 1.00. The van der Waals surface area contributed by atoms with E-state index >= 15 is 0 Å². The summed E-state index contributed by atoms with van der Waals surface area (Å²) in [6.45, 7) is 5.15. The van der Waals surface area contributed by atoms with Gasteiger partial charge in [0, 0.05) is 6.61 Å². The number of fused-ring (bicyclic) bond motifs is 2. The van der Waals surface area contributed by atoms with E-state index < -0.39 is 0 Å². The standard InChI is InChI=1S/C10H18O.H2O/c1-10(2)8-4-3-7(6-11)9(10)5-8;/h7-9,11H,3-6H2,1-2H3;1H2/t7-,8?,9?;/m0./s1. The van der Waals surface area contributed by atoms with Crippen LogP contribution in [0.3, 0.4) is 0 Å². The third-order valence-electron chi connectivity index (χ3n) is 4.24. The summed E-state index contributed by atoms with van der Waals surface area (Å²) in [6, 6.07) is 0. The van der Waals surface area contributed by atoms with Crippen molar-refractivity contribution in [2.45, 2.75) is 33.1 Å². The summed E-state index contributed by atoms with van der Waals surface area (Å²) >= 11 is 0. The van der Waals surface area contributed by atoms with Crippen molar-refractivity contribution >= 4 is 0 Å². The second kappa shape index (κ2) is 3.00. The van der Waals surface area contributed by atoms with Crippen LogP contribution in [0.5, 0.6) is 0 Å². The Labute approximate surface area is 74.3 Å². The minimum absolute atomic E-state index is 0. The molecular weight excluding hydrogens is 152 g/mol. The van der Waals surface area contributed by atoms with Gasteiger partial charge in [0.05, 0.1) is 0 Å². The quantitative estimate of drug-likeness (QED) is 0.635. The van der Waals surface area contributed by atoms with E-state index in [1.807, 2.05) is 0 Å². The average molecular weight is 172 g/mol. The van der Waals surface area contributed by atoms with Gasteiger partial charge >= 0.3 is 0 Å². The lowest BCUT2D eigenvalue weighted by Gasteiger charge is -2.59. The van der Waals surface area contributed by atoms with Crippen LogP contribution in [0.2, 0.25) is 0 Å². The molecular formula is C10H20O2. The SMILES string of the molecule is CC1(C)C2CC[C@@H](CO)C1C2.O. The van der Waals surface area contributed by atoms with E-state index in [0.717, 1.165) is 11.8 Å². The highest BCUT2D eigenvalue weighted by Gasteiger charge is 2.53. The molecule has 2 nitrogen and oxygen atoms in total. The molecule has 12 heavy (non-hydrogen) atoms. The van der Waals surface area contributed by atoms with Gasteiger partial charge in [0.2, 0.25) is 0 Å². The summed E-state index contributed by atoms with van der Waals surface area (Å²) in [5, 5.41) is 9.12. The Morgan fingerprint density at radius 2 is 2.00 bits per heavy atom. The van der Waals surface area contributed by atoms with Crippen LogP contribution in [-0.2, 0) is 0 Å². The van der Waals surface area contributed by atoms with Crippen molar-refractivity contribution in [3.8, 4) is 0 Å². The first-order chi connectivity index (χ1) is 5.16. The molecule has 0 aromatic rings. The number of hydrogen-bond donors (Lipinski definition) is 1. The van der Waals surface area contributed by atoms with E-state index in [9.17, 15) is 0 Å². The summed E-state index contributed by atoms with van der Waals surface area (Å²) < 4.78 is 0. The lowest BCUT2D eigenvalue weighted by molar-refractivity contribution is -0.116. The van der Waals surface area contributed by atoms with Gasteiger partial charge in [-0.2, -0.15) is 0 Å². The molecule has 3 saturated carbocycles. The predicted molar refractivity (Wildman–Crippen MR) is 48.8 cm³/mol. The van der Waals surface area contributed by atoms with Crippen LogP contribution in [0, 0.1) is 23.2 Å². The summed E-state index contributed by atoms with van der Waals surface area (Å²) in [5.41, 5.74) is 0.547. The van der Waals surface area contributed by atoms with Crippen LogP contribution in [0.4, 0.5) is 0 Å². The van der Waals surface area contributed by atoms with Gasteiger partial charge in [-0.15, -0.1) is 0 Å². The van der Waals surface area contributed by atoms with E-state index in [1.165, 1.54) is 19.3 Å². The molecule has 0 heterocycles.